The lowest BCUT2D eigenvalue weighted by molar-refractivity contribution is 0.0815. The van der Waals surface area contributed by atoms with Gasteiger partial charge in [0.2, 0.25) is 0 Å². The van der Waals surface area contributed by atoms with E-state index in [1.54, 1.807) is 24.1 Å². The van der Waals surface area contributed by atoms with Crippen molar-refractivity contribution in [2.45, 2.75) is 30.7 Å². The van der Waals surface area contributed by atoms with Gasteiger partial charge < -0.3 is 20.1 Å². The summed E-state index contributed by atoms with van der Waals surface area (Å²) in [5.41, 5.74) is 9.84. The molecule has 0 radical (unpaired) electrons. The van der Waals surface area contributed by atoms with Gasteiger partial charge in [0.25, 0.3) is 10.0 Å². The average Bonchev–Trinajstić information content (AvgIpc) is 3.68. The fourth-order valence-corrected chi connectivity index (χ4v) is 6.48. The number of sulfonamides is 1. The molecule has 3 N–H and O–H groups in total. The number of piperidine rings is 1. The van der Waals surface area contributed by atoms with E-state index in [1.165, 1.54) is 49.6 Å². The molecule has 12 nitrogen and oxygen atoms in total. The molecule has 1 atom stereocenters. The lowest BCUT2D eigenvalue weighted by Crippen LogP contribution is -2.31. The summed E-state index contributed by atoms with van der Waals surface area (Å²) in [5, 5.41) is 9.93. The standard InChI is InChI=1S/C32H35F3N8O4S/c1-41-12-10-23(11-13-41)43-17-21(15-38-43)24-16-37-31(36)28-29(39-42(2)30(24)28)20-6-9-25(40-48(44,45)32(34)35)26(14-20)47-27(18-46-3)19-4-7-22(33)8-5-19/h4-9,14-17,23,27,32,40H,10-13,18H2,1-3H3,(H2,36,37). The van der Waals surface area contributed by atoms with E-state index in [4.69, 9.17) is 20.3 Å². The second-order valence-electron chi connectivity index (χ2n) is 11.7. The minimum Gasteiger partial charge on any atom is -0.481 e. The molecule has 1 unspecified atom stereocenters. The molecule has 6 rings (SSSR count). The number of halogens is 3. The quantitative estimate of drug-likeness (QED) is 0.192. The van der Waals surface area contributed by atoms with Gasteiger partial charge in [-0.3, -0.25) is 14.1 Å². The molecule has 0 aliphatic carbocycles. The molecule has 0 bridgehead atoms. The number of hydrogen-bond acceptors (Lipinski definition) is 9. The predicted molar refractivity (Wildman–Crippen MR) is 176 cm³/mol. The maximum absolute atomic E-state index is 13.7. The molecule has 4 heterocycles. The van der Waals surface area contributed by atoms with E-state index in [1.807, 2.05) is 15.6 Å². The Bertz CT molecular complexity index is 2030. The maximum atomic E-state index is 13.7. The Hall–Kier alpha value is -4.67. The number of methoxy groups -OCH3 is 1. The average molecular weight is 685 g/mol. The third kappa shape index (κ3) is 6.68. The van der Waals surface area contributed by atoms with E-state index < -0.39 is 27.7 Å². The zero-order chi connectivity index (χ0) is 34.2. The smallest absolute Gasteiger partial charge is 0.355 e. The van der Waals surface area contributed by atoms with Gasteiger partial charge in [-0.25, -0.2) is 17.8 Å². The monoisotopic (exact) mass is 684 g/mol. The highest BCUT2D eigenvalue weighted by atomic mass is 32.2. The number of rotatable bonds is 11. The van der Waals surface area contributed by atoms with E-state index in [2.05, 4.69) is 22.0 Å². The van der Waals surface area contributed by atoms with Gasteiger partial charge in [-0.05, 0) is 62.8 Å². The van der Waals surface area contributed by atoms with Gasteiger partial charge in [-0.15, -0.1) is 0 Å². The number of hydrogen-bond donors (Lipinski definition) is 2. The van der Waals surface area contributed by atoms with Crippen LogP contribution in [0.2, 0.25) is 0 Å². The molecule has 2 aromatic carbocycles. The van der Waals surface area contributed by atoms with Crippen LogP contribution in [0.3, 0.4) is 0 Å². The summed E-state index contributed by atoms with van der Waals surface area (Å²) >= 11 is 0. The van der Waals surface area contributed by atoms with Gasteiger partial charge in [-0.1, -0.05) is 18.2 Å². The van der Waals surface area contributed by atoms with E-state index in [0.29, 0.717) is 27.7 Å². The maximum Gasteiger partial charge on any atom is 0.355 e. The van der Waals surface area contributed by atoms with Crippen molar-refractivity contribution in [1.82, 2.24) is 29.4 Å². The number of fused-ring (bicyclic) bond motifs is 1. The summed E-state index contributed by atoms with van der Waals surface area (Å²) in [7, 11) is 0.248. The van der Waals surface area contributed by atoms with Gasteiger partial charge in [0.1, 0.15) is 29.2 Å². The molecule has 48 heavy (non-hydrogen) atoms. The van der Waals surface area contributed by atoms with Crippen molar-refractivity contribution < 1.29 is 31.1 Å². The van der Waals surface area contributed by atoms with E-state index in [-0.39, 0.29) is 29.9 Å². The molecule has 0 saturated carbocycles. The zero-order valence-electron chi connectivity index (χ0n) is 26.5. The summed E-state index contributed by atoms with van der Waals surface area (Å²) in [6.07, 6.45) is 6.58. The molecule has 3 aromatic heterocycles. The van der Waals surface area contributed by atoms with Crippen LogP contribution in [0.5, 0.6) is 5.75 Å². The summed E-state index contributed by atoms with van der Waals surface area (Å²) < 4.78 is 81.9. The first kappa shape index (κ1) is 33.2. The molecule has 254 valence electrons. The lowest BCUT2D eigenvalue weighted by Gasteiger charge is -2.28. The fraction of sp³-hybridized carbons (Fsp3) is 0.344. The van der Waals surface area contributed by atoms with Gasteiger partial charge >= 0.3 is 5.76 Å². The first-order valence-corrected chi connectivity index (χ1v) is 16.7. The van der Waals surface area contributed by atoms with Crippen molar-refractivity contribution in [3.63, 3.8) is 0 Å². The number of benzene rings is 2. The molecule has 1 fully saturated rings. The Kier molecular flexibility index (Phi) is 9.31. The van der Waals surface area contributed by atoms with Gasteiger partial charge in [-0.2, -0.15) is 19.0 Å². The van der Waals surface area contributed by atoms with Gasteiger partial charge in [0, 0.05) is 43.2 Å². The highest BCUT2D eigenvalue weighted by molar-refractivity contribution is 7.93. The Balaban J connectivity index is 1.43. The van der Waals surface area contributed by atoms with Gasteiger partial charge in [0.05, 0.1) is 35.4 Å². The minimum atomic E-state index is -5.06. The summed E-state index contributed by atoms with van der Waals surface area (Å²) in [6.45, 7) is 1.96. The van der Waals surface area contributed by atoms with Crippen LogP contribution in [-0.4, -0.2) is 77.5 Å². The number of anilines is 2. The largest absolute Gasteiger partial charge is 0.481 e. The number of alkyl halides is 2. The third-order valence-electron chi connectivity index (χ3n) is 8.44. The second-order valence-corrected chi connectivity index (χ2v) is 13.4. The normalized spacial score (nSPS) is 15.3. The number of likely N-dealkylation sites (tertiary alicyclic amines) is 1. The van der Waals surface area contributed by atoms with E-state index in [9.17, 15) is 21.6 Å². The van der Waals surface area contributed by atoms with Crippen LogP contribution >= 0.6 is 0 Å². The molecule has 1 aliphatic heterocycles. The lowest BCUT2D eigenvalue weighted by atomic mass is 10.0. The Labute approximate surface area is 275 Å². The van der Waals surface area contributed by atoms with Crippen LogP contribution in [0.1, 0.15) is 30.6 Å². The number of nitrogens with zero attached hydrogens (tertiary/aromatic N) is 6. The Morgan fingerprint density at radius 2 is 1.79 bits per heavy atom. The summed E-state index contributed by atoms with van der Waals surface area (Å²) in [4.78, 5) is 6.76. The topological polar surface area (TPSA) is 142 Å². The van der Waals surface area contributed by atoms with Crippen LogP contribution in [0.4, 0.5) is 24.7 Å². The fourth-order valence-electron chi connectivity index (χ4n) is 5.91. The summed E-state index contributed by atoms with van der Waals surface area (Å²) in [6, 6.07) is 10.0. The predicted octanol–water partition coefficient (Wildman–Crippen LogP) is 5.22. The SMILES string of the molecule is COCC(Oc1cc(-c2nn(C)c3c(-c4cnn(C5CCN(C)CC5)c4)cnc(N)c23)ccc1NS(=O)(=O)C(F)F)c1ccc(F)cc1. The molecule has 0 spiro atoms. The molecule has 1 saturated heterocycles. The van der Waals surface area contributed by atoms with Crippen LogP contribution in [0, 0.1) is 5.82 Å². The Morgan fingerprint density at radius 3 is 2.48 bits per heavy atom. The molecule has 5 aromatic rings. The molecule has 1 aliphatic rings. The zero-order valence-corrected chi connectivity index (χ0v) is 27.3. The number of ether oxygens (including phenoxy) is 2. The number of nitrogens with one attached hydrogen (secondary N) is 1. The van der Waals surface area contributed by atoms with Gasteiger partial charge in [0.15, 0.2) is 0 Å². The van der Waals surface area contributed by atoms with E-state index >= 15 is 0 Å². The van der Waals surface area contributed by atoms with Crippen molar-refractivity contribution >= 4 is 32.4 Å². The minimum absolute atomic E-state index is 0.0190. The molecule has 16 heteroatoms. The van der Waals surface area contributed by atoms with Crippen LogP contribution in [0.25, 0.3) is 33.3 Å². The second kappa shape index (κ2) is 13.4. The number of nitrogen functional groups attached to an aromatic ring is 1. The van der Waals surface area contributed by atoms with Crippen LogP contribution in [-0.2, 0) is 21.8 Å². The molecular weight excluding hydrogens is 649 g/mol. The Morgan fingerprint density at radius 1 is 1.06 bits per heavy atom. The van der Waals surface area contributed by atoms with Crippen molar-refractivity contribution in [3.05, 3.63) is 72.4 Å². The van der Waals surface area contributed by atoms with E-state index in [0.717, 1.165) is 37.1 Å². The number of aromatic nitrogens is 5. The number of nitrogens with two attached hydrogens (primary N) is 1. The van der Waals surface area contributed by atoms with Crippen molar-refractivity contribution in [2.24, 2.45) is 7.05 Å². The van der Waals surface area contributed by atoms with Crippen molar-refractivity contribution in [1.29, 1.82) is 0 Å². The molecular formula is C32H35F3N8O4S. The first-order valence-electron chi connectivity index (χ1n) is 15.1. The van der Waals surface area contributed by atoms with Crippen LogP contribution < -0.4 is 15.2 Å². The highest BCUT2D eigenvalue weighted by Gasteiger charge is 2.28. The van der Waals surface area contributed by atoms with Crippen LogP contribution in [0.15, 0.2) is 61.1 Å². The number of aryl methyl sites for hydroxylation is 1. The third-order valence-corrected chi connectivity index (χ3v) is 9.41. The number of pyridine rings is 1. The van der Waals surface area contributed by atoms with Crippen molar-refractivity contribution in [2.75, 3.05) is 44.3 Å². The highest BCUT2D eigenvalue weighted by Crippen LogP contribution is 2.40. The summed E-state index contributed by atoms with van der Waals surface area (Å²) in [5.74, 6) is -4.05. The first-order chi connectivity index (χ1) is 22.9. The van der Waals surface area contributed by atoms with Crippen molar-refractivity contribution in [3.8, 4) is 28.1 Å². The molecule has 0 amide bonds.